The first kappa shape index (κ1) is 33.0. The number of thiazole rings is 1. The average molecular weight is 644 g/mol. The molecule has 1 unspecified atom stereocenters. The van der Waals surface area contributed by atoms with Gasteiger partial charge in [-0.2, -0.15) is 0 Å². The number of nitrogens with zero attached hydrogens (tertiary/aromatic N) is 2. The summed E-state index contributed by atoms with van der Waals surface area (Å²) in [4.78, 5) is 84.7. The third-order valence-electron chi connectivity index (χ3n) is 10.3. The Balaban J connectivity index is 1.35. The lowest BCUT2D eigenvalue weighted by atomic mass is 9.83. The summed E-state index contributed by atoms with van der Waals surface area (Å²) >= 11 is 1.17. The van der Waals surface area contributed by atoms with E-state index in [9.17, 15) is 28.8 Å². The van der Waals surface area contributed by atoms with Crippen LogP contribution in [0.2, 0.25) is 0 Å². The third kappa shape index (κ3) is 7.07. The van der Waals surface area contributed by atoms with Crippen molar-refractivity contribution >= 4 is 46.7 Å². The number of ketones is 2. The van der Waals surface area contributed by atoms with E-state index in [0.717, 1.165) is 44.9 Å². The van der Waals surface area contributed by atoms with Crippen LogP contribution < -0.4 is 16.4 Å². The van der Waals surface area contributed by atoms with Gasteiger partial charge in [0.15, 0.2) is 11.1 Å². The number of rotatable bonds is 13. The van der Waals surface area contributed by atoms with Gasteiger partial charge in [-0.25, -0.2) is 9.78 Å². The molecule has 0 radical (unpaired) electrons. The summed E-state index contributed by atoms with van der Waals surface area (Å²) in [5.41, 5.74) is 5.12. The number of amides is 4. The first-order valence-electron chi connectivity index (χ1n) is 16.2. The van der Waals surface area contributed by atoms with Crippen molar-refractivity contribution in [1.29, 1.82) is 0 Å². The van der Waals surface area contributed by atoms with Gasteiger partial charge in [-0.3, -0.25) is 24.0 Å². The molecule has 12 nitrogen and oxygen atoms in total. The van der Waals surface area contributed by atoms with Crippen molar-refractivity contribution in [1.82, 2.24) is 20.5 Å². The minimum atomic E-state index is -1.10. The Morgan fingerprint density at radius 1 is 1.07 bits per heavy atom. The lowest BCUT2D eigenvalue weighted by Gasteiger charge is -2.37. The molecular weight excluding hydrogens is 598 g/mol. The van der Waals surface area contributed by atoms with E-state index in [0.29, 0.717) is 13.0 Å². The normalized spacial score (nSPS) is 25.9. The van der Waals surface area contributed by atoms with E-state index in [4.69, 9.17) is 10.5 Å². The molecule has 1 aliphatic heterocycles. The van der Waals surface area contributed by atoms with Crippen molar-refractivity contribution < 1.29 is 33.5 Å². The molecule has 0 aromatic carbocycles. The molecule has 13 heteroatoms. The number of hydrogen-bond donors (Lipinski definition) is 3. The number of alkyl carbamates (subject to hydrolysis) is 1. The molecule has 3 aliphatic carbocycles. The van der Waals surface area contributed by atoms with Gasteiger partial charge in [0.05, 0.1) is 6.04 Å². The van der Waals surface area contributed by atoms with Gasteiger partial charge in [0.2, 0.25) is 23.4 Å². The molecule has 4 amide bonds. The molecule has 2 heterocycles. The van der Waals surface area contributed by atoms with Gasteiger partial charge in [0.1, 0.15) is 12.1 Å². The van der Waals surface area contributed by atoms with Crippen LogP contribution in [0.25, 0.3) is 0 Å². The Morgan fingerprint density at radius 2 is 1.76 bits per heavy atom. The SMILES string of the molecule is CC(C)[C@H](OC(=O)N[C@H](C(=O)N1C[C@H]2[C@@H]([C@H]1C(=O)NC(CC1CC1)C(=O)C(N)=O)C2(C)C)C1CCCCC1)C(=O)c1nccs1. The summed E-state index contributed by atoms with van der Waals surface area (Å²) in [6, 6.07) is -2.85. The third-order valence-corrected chi connectivity index (χ3v) is 11.1. The fourth-order valence-corrected chi connectivity index (χ4v) is 8.03. The maximum Gasteiger partial charge on any atom is 0.408 e. The number of piperidine rings is 1. The van der Waals surface area contributed by atoms with Crippen LogP contribution in [0.15, 0.2) is 11.6 Å². The van der Waals surface area contributed by atoms with Crippen LogP contribution in [0.4, 0.5) is 4.79 Å². The second-order valence-corrected chi connectivity index (χ2v) is 15.0. The molecule has 246 valence electrons. The van der Waals surface area contributed by atoms with E-state index >= 15 is 0 Å². The standard InChI is InChI=1S/C32H45N5O7S/c1-16(2)26(25(39)29-34-12-13-45-29)44-31(43)36-22(18-8-6-5-7-9-18)30(42)37-15-19-21(32(19,3)4)23(37)28(41)35-20(14-17-10-11-17)24(38)27(33)40/h12-13,16-23,26H,5-11,14-15H2,1-4H3,(H2,33,40)(H,35,41)(H,36,43)/t19-,20?,21-,22-,23-,26-/m0/s1. The maximum atomic E-state index is 14.4. The van der Waals surface area contributed by atoms with Crippen LogP contribution in [0.1, 0.15) is 88.9 Å². The van der Waals surface area contributed by atoms with Crippen LogP contribution in [0.3, 0.4) is 0 Å². The van der Waals surface area contributed by atoms with E-state index in [-0.39, 0.29) is 45.9 Å². The van der Waals surface area contributed by atoms with Gasteiger partial charge < -0.3 is 26.0 Å². The number of nitrogens with two attached hydrogens (primary N) is 1. The predicted molar refractivity (Wildman–Crippen MR) is 165 cm³/mol. The highest BCUT2D eigenvalue weighted by Gasteiger charge is 2.69. The Hall–Kier alpha value is -3.35. The highest BCUT2D eigenvalue weighted by atomic mass is 32.1. The summed E-state index contributed by atoms with van der Waals surface area (Å²) < 4.78 is 5.65. The van der Waals surface area contributed by atoms with Crippen molar-refractivity contribution in [2.75, 3.05) is 6.54 Å². The fraction of sp³-hybridized carbons (Fsp3) is 0.719. The molecule has 6 atom stereocenters. The van der Waals surface area contributed by atoms with E-state index in [2.05, 4.69) is 29.5 Å². The fourth-order valence-electron chi connectivity index (χ4n) is 7.42. The van der Waals surface area contributed by atoms with Crippen molar-refractivity contribution in [3.8, 4) is 0 Å². The highest BCUT2D eigenvalue weighted by Crippen LogP contribution is 2.65. The van der Waals surface area contributed by atoms with Gasteiger partial charge >= 0.3 is 6.09 Å². The van der Waals surface area contributed by atoms with Crippen LogP contribution in [0.5, 0.6) is 0 Å². The maximum absolute atomic E-state index is 14.4. The second kappa shape index (κ2) is 13.2. The molecule has 1 saturated heterocycles. The number of primary amides is 1. The zero-order valence-electron chi connectivity index (χ0n) is 26.5. The van der Waals surface area contributed by atoms with Crippen molar-refractivity contribution in [3.63, 3.8) is 0 Å². The van der Waals surface area contributed by atoms with Gasteiger partial charge in [-0.1, -0.05) is 59.8 Å². The number of hydrogen-bond acceptors (Lipinski definition) is 9. The monoisotopic (exact) mass is 643 g/mol. The highest BCUT2D eigenvalue weighted by molar-refractivity contribution is 7.11. The molecule has 4 N–H and O–H groups in total. The quantitative estimate of drug-likeness (QED) is 0.217. The molecule has 4 aliphatic rings. The van der Waals surface area contributed by atoms with Crippen molar-refractivity contribution in [3.05, 3.63) is 16.6 Å². The lowest BCUT2D eigenvalue weighted by Crippen LogP contribution is -2.59. The molecular formula is C32H45N5O7S. The number of nitrogens with one attached hydrogen (secondary N) is 2. The summed E-state index contributed by atoms with van der Waals surface area (Å²) in [5.74, 6) is -3.52. The molecule has 45 heavy (non-hydrogen) atoms. The minimum Gasteiger partial charge on any atom is -0.437 e. The Labute approximate surface area is 267 Å². The van der Waals surface area contributed by atoms with Crippen LogP contribution >= 0.6 is 11.3 Å². The Kier molecular flexibility index (Phi) is 9.67. The number of ether oxygens (including phenoxy) is 1. The van der Waals surface area contributed by atoms with Crippen LogP contribution in [-0.2, 0) is 23.9 Å². The second-order valence-electron chi connectivity index (χ2n) is 14.1. The largest absolute Gasteiger partial charge is 0.437 e. The van der Waals surface area contributed by atoms with Crippen molar-refractivity contribution in [2.45, 2.75) is 103 Å². The first-order chi connectivity index (χ1) is 21.3. The molecule has 1 aromatic heterocycles. The molecule has 1 aromatic rings. The average Bonchev–Trinajstić information content (AvgIpc) is 3.70. The van der Waals surface area contributed by atoms with Gasteiger partial charge in [0.25, 0.3) is 5.91 Å². The lowest BCUT2D eigenvalue weighted by molar-refractivity contribution is -0.144. The van der Waals surface area contributed by atoms with Crippen LogP contribution in [0, 0.1) is 35.0 Å². The molecule has 4 fully saturated rings. The predicted octanol–water partition coefficient (Wildman–Crippen LogP) is 2.85. The molecule has 3 saturated carbocycles. The van der Waals surface area contributed by atoms with E-state index < -0.39 is 53.7 Å². The van der Waals surface area contributed by atoms with E-state index in [1.807, 2.05) is 0 Å². The number of Topliss-reactive ketones (excluding diaryl/α,β-unsaturated/α-hetero) is 2. The minimum absolute atomic E-state index is 0.0751. The Morgan fingerprint density at radius 3 is 2.33 bits per heavy atom. The zero-order valence-corrected chi connectivity index (χ0v) is 27.3. The van der Waals surface area contributed by atoms with Crippen LogP contribution in [-0.4, -0.2) is 76.0 Å². The molecule has 0 bridgehead atoms. The zero-order chi connectivity index (χ0) is 32.6. The topological polar surface area (TPSA) is 178 Å². The summed E-state index contributed by atoms with van der Waals surface area (Å²) in [5, 5.41) is 7.49. The number of likely N-dealkylation sites (tertiary alicyclic amines) is 1. The van der Waals surface area contributed by atoms with Gasteiger partial charge in [-0.15, -0.1) is 11.3 Å². The summed E-state index contributed by atoms with van der Waals surface area (Å²) in [6.07, 6.45) is 6.02. The van der Waals surface area contributed by atoms with E-state index in [1.54, 1.807) is 24.1 Å². The number of carbonyl (C=O) groups excluding carboxylic acids is 6. The molecule has 0 spiro atoms. The number of carbonyl (C=O) groups is 6. The number of fused-ring (bicyclic) bond motifs is 1. The van der Waals surface area contributed by atoms with Gasteiger partial charge in [0, 0.05) is 18.1 Å². The van der Waals surface area contributed by atoms with Crippen molar-refractivity contribution in [2.24, 2.45) is 40.7 Å². The summed E-state index contributed by atoms with van der Waals surface area (Å²) in [7, 11) is 0. The smallest absolute Gasteiger partial charge is 0.408 e. The van der Waals surface area contributed by atoms with E-state index in [1.165, 1.54) is 17.5 Å². The summed E-state index contributed by atoms with van der Waals surface area (Å²) in [6.45, 7) is 7.99. The first-order valence-corrected chi connectivity index (χ1v) is 17.0. The molecule has 5 rings (SSSR count). The number of aromatic nitrogens is 1. The van der Waals surface area contributed by atoms with Gasteiger partial charge in [-0.05, 0) is 54.3 Å². The Bertz CT molecular complexity index is 1320.